The lowest BCUT2D eigenvalue weighted by atomic mass is 9.85. The molecule has 1 saturated carbocycles. The van der Waals surface area contributed by atoms with Gasteiger partial charge in [0.05, 0.1) is 29.7 Å². The Labute approximate surface area is 291 Å². The summed E-state index contributed by atoms with van der Waals surface area (Å²) in [4.78, 5) is 55.5. The van der Waals surface area contributed by atoms with Crippen LogP contribution in [0.4, 0.5) is 4.79 Å². The molecule has 2 heterocycles. The monoisotopic (exact) mass is 712 g/mol. The van der Waals surface area contributed by atoms with Gasteiger partial charge in [0.25, 0.3) is 5.91 Å². The summed E-state index contributed by atoms with van der Waals surface area (Å²) in [7, 11) is -2.49. The quantitative estimate of drug-likeness (QED) is 0.306. The molecule has 1 aliphatic carbocycles. The zero-order valence-electron chi connectivity index (χ0n) is 29.2. The van der Waals surface area contributed by atoms with Crippen LogP contribution in [0, 0.1) is 17.3 Å². The minimum atomic E-state index is -3.96. The molecule has 0 radical (unpaired) electrons. The fourth-order valence-corrected chi connectivity index (χ4v) is 6.60. The number of sulfonamides is 1. The first-order valence-corrected chi connectivity index (χ1v) is 17.6. The molecule has 15 nitrogen and oxygen atoms in total. The van der Waals surface area contributed by atoms with E-state index in [0.717, 1.165) is 0 Å². The first-order valence-electron chi connectivity index (χ1n) is 16.1. The molecule has 0 unspecified atom stereocenters. The van der Waals surface area contributed by atoms with E-state index in [9.17, 15) is 27.6 Å². The second-order valence-electron chi connectivity index (χ2n) is 14.1. The van der Waals surface area contributed by atoms with Crippen LogP contribution in [0.15, 0.2) is 36.9 Å². The Kier molecular flexibility index (Phi) is 11.3. The average Bonchev–Trinajstić information content (AvgIpc) is 3.81. The predicted octanol–water partition coefficient (Wildman–Crippen LogP) is 2.21. The number of nitrogens with zero attached hydrogens (tertiary/aromatic N) is 3. The molecule has 1 aliphatic heterocycles. The van der Waals surface area contributed by atoms with Gasteiger partial charge < -0.3 is 29.7 Å². The molecule has 4 atom stereocenters. The number of ether oxygens (including phenoxy) is 3. The highest BCUT2D eigenvalue weighted by Gasteiger charge is 2.47. The van der Waals surface area contributed by atoms with Gasteiger partial charge in [0, 0.05) is 6.42 Å². The molecule has 1 aromatic heterocycles. The number of carbonyl (C=O) groups excluding carboxylic acids is 4. The SMILES string of the molecule is C=CC#C[C@@H](NC(=O)[C@@H]1C[C@@H](Oc2nnc(OC)c3ccccc23)CN1C(=O)[C@@H](NC(=O)OC(C)(C)C)C(C)(C)C)C(=O)NS(=O)(=O)C1CC1. The molecule has 0 bridgehead atoms. The lowest BCUT2D eigenvalue weighted by molar-refractivity contribution is -0.142. The molecule has 1 saturated heterocycles. The van der Waals surface area contributed by atoms with Crippen LogP contribution in [0.5, 0.6) is 11.8 Å². The highest BCUT2D eigenvalue weighted by atomic mass is 32.2. The fraction of sp³-hybridized carbons (Fsp3) is 0.529. The Hall–Kier alpha value is -4.91. The van der Waals surface area contributed by atoms with Crippen LogP contribution in [-0.4, -0.2) is 96.1 Å². The molecule has 16 heteroatoms. The van der Waals surface area contributed by atoms with Crippen molar-refractivity contribution in [2.45, 2.75) is 95.9 Å². The van der Waals surface area contributed by atoms with Crippen LogP contribution >= 0.6 is 0 Å². The number of hydrogen-bond acceptors (Lipinski definition) is 11. The second kappa shape index (κ2) is 14.9. The molecule has 270 valence electrons. The Balaban J connectivity index is 1.67. The summed E-state index contributed by atoms with van der Waals surface area (Å²) in [5.74, 6) is 2.94. The number of amides is 4. The zero-order valence-corrected chi connectivity index (χ0v) is 30.0. The van der Waals surface area contributed by atoms with Crippen LogP contribution < -0.4 is 24.8 Å². The highest BCUT2D eigenvalue weighted by Crippen LogP contribution is 2.33. The number of allylic oxidation sites excluding steroid dienone is 1. The molecular formula is C34H44N6O9S. The Morgan fingerprint density at radius 1 is 1.02 bits per heavy atom. The van der Waals surface area contributed by atoms with Crippen molar-refractivity contribution in [3.63, 3.8) is 0 Å². The maximum absolute atomic E-state index is 14.3. The molecule has 2 aromatic rings. The van der Waals surface area contributed by atoms with Gasteiger partial charge in [-0.2, -0.15) is 0 Å². The number of aromatic nitrogens is 2. The molecule has 0 spiro atoms. The fourth-order valence-electron chi connectivity index (χ4n) is 5.27. The number of carbonyl (C=O) groups is 4. The molecule has 1 aromatic carbocycles. The van der Waals surface area contributed by atoms with Crippen molar-refractivity contribution in [2.75, 3.05) is 13.7 Å². The minimum absolute atomic E-state index is 0.0630. The number of hydrogen-bond donors (Lipinski definition) is 3. The van der Waals surface area contributed by atoms with Crippen LogP contribution in [0.25, 0.3) is 10.8 Å². The Morgan fingerprint density at radius 3 is 2.20 bits per heavy atom. The van der Waals surface area contributed by atoms with E-state index >= 15 is 0 Å². The van der Waals surface area contributed by atoms with Gasteiger partial charge in [0.15, 0.2) is 6.04 Å². The van der Waals surface area contributed by atoms with E-state index in [1.54, 1.807) is 65.8 Å². The van der Waals surface area contributed by atoms with Crippen LogP contribution in [0.1, 0.15) is 60.8 Å². The van der Waals surface area contributed by atoms with Gasteiger partial charge in [-0.25, -0.2) is 13.2 Å². The zero-order chi connectivity index (χ0) is 37.0. The largest absolute Gasteiger partial charge is 0.479 e. The summed E-state index contributed by atoms with van der Waals surface area (Å²) in [5, 5.41) is 13.9. The number of nitrogens with one attached hydrogen (secondary N) is 3. The lowest BCUT2D eigenvalue weighted by Gasteiger charge is -2.35. The van der Waals surface area contributed by atoms with E-state index in [1.165, 1.54) is 18.1 Å². The van der Waals surface area contributed by atoms with Gasteiger partial charge in [0.1, 0.15) is 23.8 Å². The normalized spacial score (nSPS) is 18.9. The van der Waals surface area contributed by atoms with Crippen molar-refractivity contribution in [3.8, 4) is 23.6 Å². The van der Waals surface area contributed by atoms with E-state index in [2.05, 4.69) is 39.3 Å². The number of fused-ring (bicyclic) bond motifs is 1. The summed E-state index contributed by atoms with van der Waals surface area (Å²) < 4.78 is 44.0. The lowest BCUT2D eigenvalue weighted by Crippen LogP contribution is -2.59. The van der Waals surface area contributed by atoms with E-state index in [-0.39, 0.29) is 24.7 Å². The maximum atomic E-state index is 14.3. The van der Waals surface area contributed by atoms with Crippen LogP contribution in [0.3, 0.4) is 0 Å². The van der Waals surface area contributed by atoms with Gasteiger partial charge in [0.2, 0.25) is 33.6 Å². The summed E-state index contributed by atoms with van der Waals surface area (Å²) in [6, 6.07) is 3.14. The molecule has 2 aliphatic rings. The third-order valence-electron chi connectivity index (χ3n) is 7.80. The number of alkyl carbamates (subject to hydrolysis) is 1. The summed E-state index contributed by atoms with van der Waals surface area (Å²) >= 11 is 0. The number of methoxy groups -OCH3 is 1. The van der Waals surface area contributed by atoms with Gasteiger partial charge >= 0.3 is 6.09 Å². The standard InChI is InChI=1S/C34H44N6O9S/c1-9-10-15-24(27(41)39-50(45,46)21-16-17-21)35-28(42)25-18-20(48-30-23-14-12-11-13-22(23)29(47-8)37-38-30)19-40(25)31(43)26(33(2,3)4)36-32(44)49-34(5,6)7/h9,11-14,20-21,24-26H,1,16-19H2,2-8H3,(H,35,42)(H,36,44)(H,39,41)/t20-,24-,25+,26-/m1/s1. The first-order chi connectivity index (χ1) is 23.3. The highest BCUT2D eigenvalue weighted by molar-refractivity contribution is 7.90. The molecular weight excluding hydrogens is 668 g/mol. The van der Waals surface area contributed by atoms with Crippen molar-refractivity contribution >= 4 is 44.6 Å². The molecule has 3 N–H and O–H groups in total. The molecule has 4 amide bonds. The van der Waals surface area contributed by atoms with E-state index < -0.39 is 74.3 Å². The van der Waals surface area contributed by atoms with Crippen molar-refractivity contribution < 1.29 is 41.8 Å². The topological polar surface area (TPSA) is 195 Å². The summed E-state index contributed by atoms with van der Waals surface area (Å²) in [6.07, 6.45) is 0.328. The Bertz CT molecular complexity index is 1820. The molecule has 50 heavy (non-hydrogen) atoms. The average molecular weight is 713 g/mol. The third-order valence-corrected chi connectivity index (χ3v) is 9.63. The predicted molar refractivity (Wildman–Crippen MR) is 183 cm³/mol. The second-order valence-corrected chi connectivity index (χ2v) is 16.1. The molecule has 2 fully saturated rings. The van der Waals surface area contributed by atoms with Crippen molar-refractivity contribution in [1.82, 2.24) is 30.5 Å². The van der Waals surface area contributed by atoms with Gasteiger partial charge in [-0.1, -0.05) is 51.3 Å². The number of rotatable bonds is 10. The summed E-state index contributed by atoms with van der Waals surface area (Å²) in [5.41, 5.74) is -1.69. The van der Waals surface area contributed by atoms with Gasteiger partial charge in [-0.15, -0.1) is 10.2 Å². The first kappa shape index (κ1) is 37.9. The van der Waals surface area contributed by atoms with Crippen LogP contribution in [-0.2, 0) is 29.1 Å². The van der Waals surface area contributed by atoms with Gasteiger partial charge in [-0.3, -0.25) is 19.1 Å². The number of benzene rings is 1. The summed E-state index contributed by atoms with van der Waals surface area (Å²) in [6.45, 7) is 13.7. The van der Waals surface area contributed by atoms with Crippen molar-refractivity contribution in [3.05, 3.63) is 36.9 Å². The van der Waals surface area contributed by atoms with E-state index in [0.29, 0.717) is 23.6 Å². The maximum Gasteiger partial charge on any atom is 0.408 e. The van der Waals surface area contributed by atoms with E-state index in [4.69, 9.17) is 14.2 Å². The van der Waals surface area contributed by atoms with E-state index in [1.807, 2.05) is 4.72 Å². The third kappa shape index (κ3) is 9.41. The Morgan fingerprint density at radius 2 is 1.64 bits per heavy atom. The van der Waals surface area contributed by atoms with Crippen LogP contribution in [0.2, 0.25) is 0 Å². The molecule has 4 rings (SSSR count). The van der Waals surface area contributed by atoms with Crippen molar-refractivity contribution in [2.24, 2.45) is 5.41 Å². The van der Waals surface area contributed by atoms with Crippen molar-refractivity contribution in [1.29, 1.82) is 0 Å². The van der Waals surface area contributed by atoms with Gasteiger partial charge in [-0.05, 0) is 57.2 Å². The minimum Gasteiger partial charge on any atom is -0.479 e. The number of likely N-dealkylation sites (tertiary alicyclic amines) is 1. The smallest absolute Gasteiger partial charge is 0.408 e.